The maximum atomic E-state index is 3.60. The quantitative estimate of drug-likeness (QED) is 0.668. The molecule has 1 nitrogen and oxygen atoms in total. The van der Waals surface area contributed by atoms with E-state index in [0.29, 0.717) is 0 Å². The lowest BCUT2D eigenvalue weighted by Crippen LogP contribution is -2.02. The minimum atomic E-state index is 1.19. The Labute approximate surface area is 111 Å². The van der Waals surface area contributed by atoms with Gasteiger partial charge in [-0.25, -0.2) is 0 Å². The Kier molecular flexibility index (Phi) is 2.99. The number of nitrogens with zero attached hydrogens (tertiary/aromatic N) is 1. The first-order valence-electron chi connectivity index (χ1n) is 6.53. The van der Waals surface area contributed by atoms with Gasteiger partial charge in [-0.2, -0.15) is 0 Å². The fourth-order valence-corrected chi connectivity index (χ4v) is 3.45. The minimum absolute atomic E-state index is 1.19. The highest BCUT2D eigenvalue weighted by Gasteiger charge is 2.16. The topological polar surface area (TPSA) is 4.93 Å². The number of aromatic nitrogens is 1. The second-order valence-corrected chi connectivity index (χ2v) is 5.98. The lowest BCUT2D eigenvalue weighted by molar-refractivity contribution is 0.603. The molecule has 1 aliphatic carbocycles. The zero-order valence-corrected chi connectivity index (χ0v) is 11.9. The first-order chi connectivity index (χ1) is 8.27. The van der Waals surface area contributed by atoms with Crippen molar-refractivity contribution in [2.45, 2.75) is 38.5 Å². The average molecular weight is 292 g/mol. The molecule has 1 aromatic heterocycles. The molecule has 90 valence electrons. The third-order valence-corrected chi connectivity index (χ3v) is 4.48. The van der Waals surface area contributed by atoms with Crippen molar-refractivity contribution in [1.29, 1.82) is 0 Å². The van der Waals surface area contributed by atoms with Crippen molar-refractivity contribution in [2.24, 2.45) is 7.05 Å². The Bertz CT molecular complexity index is 554. The van der Waals surface area contributed by atoms with Crippen LogP contribution in [0.3, 0.4) is 0 Å². The van der Waals surface area contributed by atoms with E-state index in [4.69, 9.17) is 0 Å². The normalized spacial score (nSPS) is 16.6. The predicted octanol–water partition coefficient (Wildman–Crippen LogP) is 4.60. The van der Waals surface area contributed by atoms with Crippen LogP contribution in [-0.2, 0) is 19.9 Å². The Morgan fingerprint density at radius 3 is 2.65 bits per heavy atom. The zero-order valence-electron chi connectivity index (χ0n) is 10.3. The van der Waals surface area contributed by atoms with Gasteiger partial charge < -0.3 is 4.57 Å². The second kappa shape index (κ2) is 4.49. The summed E-state index contributed by atoms with van der Waals surface area (Å²) in [6.45, 7) is 0. The Hall–Kier alpha value is -0.760. The molecule has 0 radical (unpaired) electrons. The van der Waals surface area contributed by atoms with Gasteiger partial charge in [-0.15, -0.1) is 0 Å². The molecule has 1 aliphatic rings. The van der Waals surface area contributed by atoms with Crippen molar-refractivity contribution >= 4 is 26.8 Å². The molecule has 3 rings (SSSR count). The number of aryl methyl sites for hydroxylation is 2. The maximum Gasteiger partial charge on any atom is 0.0483 e. The largest absolute Gasteiger partial charge is 0.347 e. The summed E-state index contributed by atoms with van der Waals surface area (Å²) in [5.74, 6) is 0. The number of fused-ring (bicyclic) bond motifs is 3. The molecule has 17 heavy (non-hydrogen) atoms. The average Bonchev–Trinajstić information content (AvgIpc) is 2.50. The SMILES string of the molecule is Cn1c2c(c3cc(Br)ccc31)CCCCCC2. The number of rotatable bonds is 0. The van der Waals surface area contributed by atoms with Crippen molar-refractivity contribution in [1.82, 2.24) is 4.57 Å². The van der Waals surface area contributed by atoms with Crippen molar-refractivity contribution in [3.63, 3.8) is 0 Å². The van der Waals surface area contributed by atoms with E-state index in [1.54, 1.807) is 11.3 Å². The van der Waals surface area contributed by atoms with Gasteiger partial charge in [0.2, 0.25) is 0 Å². The molecular formula is C15H18BrN. The highest BCUT2D eigenvalue weighted by Crippen LogP contribution is 2.31. The third kappa shape index (κ3) is 1.93. The van der Waals surface area contributed by atoms with Crippen molar-refractivity contribution in [3.05, 3.63) is 33.9 Å². The highest BCUT2D eigenvalue weighted by molar-refractivity contribution is 9.10. The monoisotopic (exact) mass is 291 g/mol. The van der Waals surface area contributed by atoms with Gasteiger partial charge in [0.1, 0.15) is 0 Å². The molecule has 0 bridgehead atoms. The number of benzene rings is 1. The van der Waals surface area contributed by atoms with Crippen LogP contribution in [0.25, 0.3) is 10.9 Å². The predicted molar refractivity (Wildman–Crippen MR) is 76.5 cm³/mol. The van der Waals surface area contributed by atoms with Crippen LogP contribution in [0.15, 0.2) is 22.7 Å². The Morgan fingerprint density at radius 2 is 1.82 bits per heavy atom. The summed E-state index contributed by atoms with van der Waals surface area (Å²) in [5, 5.41) is 1.46. The van der Waals surface area contributed by atoms with E-state index in [1.807, 2.05) is 0 Å². The van der Waals surface area contributed by atoms with Gasteiger partial charge in [-0.1, -0.05) is 28.8 Å². The van der Waals surface area contributed by atoms with Gasteiger partial charge in [0.05, 0.1) is 0 Å². The van der Waals surface area contributed by atoms with E-state index < -0.39 is 0 Å². The second-order valence-electron chi connectivity index (χ2n) is 5.06. The fourth-order valence-electron chi connectivity index (χ4n) is 3.09. The number of hydrogen-bond acceptors (Lipinski definition) is 0. The molecule has 0 spiro atoms. The van der Waals surface area contributed by atoms with Crippen LogP contribution < -0.4 is 0 Å². The van der Waals surface area contributed by atoms with Gasteiger partial charge in [-0.05, 0) is 49.4 Å². The van der Waals surface area contributed by atoms with Crippen LogP contribution in [0.2, 0.25) is 0 Å². The molecule has 0 unspecified atom stereocenters. The standard InChI is InChI=1S/C15H18BrN/c1-17-14-7-5-3-2-4-6-12(14)13-10-11(16)8-9-15(13)17/h8-10H,2-7H2,1H3. The molecule has 0 amide bonds. The summed E-state index contributed by atoms with van der Waals surface area (Å²) in [5.41, 5.74) is 4.56. The van der Waals surface area contributed by atoms with Crippen LogP contribution >= 0.6 is 15.9 Å². The lowest BCUT2D eigenvalue weighted by atomic mass is 9.97. The molecule has 0 saturated heterocycles. The third-order valence-electron chi connectivity index (χ3n) is 3.99. The van der Waals surface area contributed by atoms with Gasteiger partial charge in [0.15, 0.2) is 0 Å². The van der Waals surface area contributed by atoms with E-state index in [-0.39, 0.29) is 0 Å². The molecule has 0 saturated carbocycles. The lowest BCUT2D eigenvalue weighted by Gasteiger charge is -2.11. The Balaban J connectivity index is 2.25. The molecule has 0 atom stereocenters. The molecule has 0 fully saturated rings. The van der Waals surface area contributed by atoms with E-state index in [0.717, 1.165) is 0 Å². The van der Waals surface area contributed by atoms with E-state index >= 15 is 0 Å². The van der Waals surface area contributed by atoms with Crippen molar-refractivity contribution in [3.8, 4) is 0 Å². The highest BCUT2D eigenvalue weighted by atomic mass is 79.9. The fraction of sp³-hybridized carbons (Fsp3) is 0.467. The molecule has 1 aromatic carbocycles. The first-order valence-corrected chi connectivity index (χ1v) is 7.32. The molecule has 2 aromatic rings. The number of halogens is 1. The molecule has 0 N–H and O–H groups in total. The summed E-state index contributed by atoms with van der Waals surface area (Å²) < 4.78 is 3.60. The van der Waals surface area contributed by atoms with Crippen LogP contribution in [0, 0.1) is 0 Å². The van der Waals surface area contributed by atoms with Gasteiger partial charge in [-0.3, -0.25) is 0 Å². The van der Waals surface area contributed by atoms with Crippen LogP contribution in [0.1, 0.15) is 36.9 Å². The van der Waals surface area contributed by atoms with Crippen LogP contribution in [-0.4, -0.2) is 4.57 Å². The first kappa shape index (κ1) is 11.3. The van der Waals surface area contributed by atoms with Gasteiger partial charge in [0, 0.05) is 28.1 Å². The van der Waals surface area contributed by atoms with Gasteiger partial charge in [0.25, 0.3) is 0 Å². The van der Waals surface area contributed by atoms with E-state index in [2.05, 4.69) is 45.7 Å². The molecule has 1 heterocycles. The summed E-state index contributed by atoms with van der Waals surface area (Å²) in [6.07, 6.45) is 7.98. The smallest absolute Gasteiger partial charge is 0.0483 e. The van der Waals surface area contributed by atoms with Crippen molar-refractivity contribution in [2.75, 3.05) is 0 Å². The van der Waals surface area contributed by atoms with Crippen LogP contribution in [0.4, 0.5) is 0 Å². The maximum absolute atomic E-state index is 3.60. The summed E-state index contributed by atoms with van der Waals surface area (Å²) in [6, 6.07) is 6.68. The van der Waals surface area contributed by atoms with Crippen LogP contribution in [0.5, 0.6) is 0 Å². The van der Waals surface area contributed by atoms with Gasteiger partial charge >= 0.3 is 0 Å². The Morgan fingerprint density at radius 1 is 1.06 bits per heavy atom. The number of hydrogen-bond donors (Lipinski definition) is 0. The van der Waals surface area contributed by atoms with Crippen molar-refractivity contribution < 1.29 is 0 Å². The summed E-state index contributed by atoms with van der Waals surface area (Å²) in [7, 11) is 2.22. The minimum Gasteiger partial charge on any atom is -0.347 e. The summed E-state index contributed by atoms with van der Waals surface area (Å²) in [4.78, 5) is 0. The summed E-state index contributed by atoms with van der Waals surface area (Å²) >= 11 is 3.60. The molecular weight excluding hydrogens is 274 g/mol. The van der Waals surface area contributed by atoms with E-state index in [1.165, 1.54) is 53.9 Å². The van der Waals surface area contributed by atoms with E-state index in [9.17, 15) is 0 Å². The molecule has 0 aliphatic heterocycles. The molecule has 2 heteroatoms. The zero-order chi connectivity index (χ0) is 11.8.